The molecule has 0 bridgehead atoms. The molecule has 0 N–H and O–H groups in total. The normalized spacial score (nSPS) is 12.0. The number of azo groups is 1. The Kier molecular flexibility index (Phi) is 14.2. The van der Waals surface area contributed by atoms with Crippen molar-refractivity contribution in [1.29, 1.82) is 0 Å². The van der Waals surface area contributed by atoms with E-state index >= 15 is 0 Å². The first-order valence-electron chi connectivity index (χ1n) is 12.0. The van der Waals surface area contributed by atoms with E-state index in [1.807, 2.05) is 37.4 Å². The molecule has 230 valence electrons. The Balaban J connectivity index is 0.000000588. The molecule has 14 nitrogen and oxygen atoms in total. The lowest BCUT2D eigenvalue weighted by Gasteiger charge is -2.29. The summed E-state index contributed by atoms with van der Waals surface area (Å²) >= 11 is 1.61. The fourth-order valence-electron chi connectivity index (χ4n) is 3.06. The lowest BCUT2D eigenvalue weighted by atomic mass is 10.2. The monoisotopic (exact) mass is 635 g/mol. The van der Waals surface area contributed by atoms with E-state index in [1.165, 1.54) is 5.69 Å². The van der Waals surface area contributed by atoms with Crippen LogP contribution >= 0.6 is 11.3 Å². The van der Waals surface area contributed by atoms with E-state index in [9.17, 15) is 25.9 Å². The van der Waals surface area contributed by atoms with Crippen molar-refractivity contribution >= 4 is 58.9 Å². The van der Waals surface area contributed by atoms with Crippen LogP contribution in [0.1, 0.15) is 6.92 Å². The number of methoxy groups -OCH3 is 1. The number of rotatable bonds is 10. The van der Waals surface area contributed by atoms with E-state index in [1.54, 1.807) is 18.4 Å². The topological polar surface area (TPSA) is 174 Å². The number of nitrogens with zero attached hydrogens (tertiary/aromatic N) is 5. The van der Waals surface area contributed by atoms with Crippen molar-refractivity contribution in [3.05, 3.63) is 42.5 Å². The molecule has 0 spiro atoms. The molecule has 0 fully saturated rings. The third-order valence-corrected chi connectivity index (χ3v) is 7.21. The van der Waals surface area contributed by atoms with Gasteiger partial charge in [0.2, 0.25) is 20.8 Å². The Bertz CT molecular complexity index is 1450. The minimum Gasteiger partial charge on any atom is -0.726 e. The molecule has 0 aliphatic rings. The fraction of sp³-hybridized carbons (Fsp3) is 0.458. The Labute approximate surface area is 245 Å². The number of aryl methyl sites for hydroxylation is 1. The summed E-state index contributed by atoms with van der Waals surface area (Å²) in [6, 6.07) is 14.4. The van der Waals surface area contributed by atoms with Gasteiger partial charge in [-0.25, -0.2) is 21.4 Å². The molecule has 0 saturated carbocycles. The van der Waals surface area contributed by atoms with Crippen LogP contribution in [0.3, 0.4) is 0 Å². The molecule has 1 aromatic heterocycles. The number of fused-ring (bicyclic) bond motifs is 1. The lowest BCUT2D eigenvalue weighted by Crippen LogP contribution is -2.42. The van der Waals surface area contributed by atoms with Gasteiger partial charge in [-0.1, -0.05) is 0 Å². The zero-order chi connectivity index (χ0) is 31.4. The van der Waals surface area contributed by atoms with Crippen molar-refractivity contribution in [3.8, 4) is 5.75 Å². The molecule has 0 radical (unpaired) electrons. The number of hydrogen-bond acceptors (Lipinski definition) is 13. The lowest BCUT2D eigenvalue weighted by molar-refractivity contribution is -0.868. The van der Waals surface area contributed by atoms with Crippen molar-refractivity contribution in [2.75, 3.05) is 67.0 Å². The number of anilines is 1. The quantitative estimate of drug-likeness (QED) is 0.106. The third-order valence-electron chi connectivity index (χ3n) is 5.31. The minimum absolute atomic E-state index is 0.808. The van der Waals surface area contributed by atoms with Crippen molar-refractivity contribution in [2.45, 2.75) is 6.92 Å². The molecule has 0 saturated heterocycles. The first-order valence-corrected chi connectivity index (χ1v) is 15.5. The van der Waals surface area contributed by atoms with Gasteiger partial charge < -0.3 is 23.2 Å². The number of hydrogen-bond donors (Lipinski definition) is 0. The molecule has 41 heavy (non-hydrogen) atoms. The molecule has 17 heteroatoms. The molecular formula is C24H37N5O9S3. The summed E-state index contributed by atoms with van der Waals surface area (Å²) in [4.78, 5) is 2.39. The maximum Gasteiger partial charge on any atom is 0.409 e. The molecule has 1 heterocycles. The first-order chi connectivity index (χ1) is 18.9. The summed E-state index contributed by atoms with van der Waals surface area (Å²) in [7, 11) is 3.15. The average Bonchev–Trinajstić information content (AvgIpc) is 3.22. The highest BCUT2D eigenvalue weighted by molar-refractivity contribution is 7.81. The van der Waals surface area contributed by atoms with Gasteiger partial charge in [0.15, 0.2) is 0 Å². The molecule has 2 aromatic carbocycles. The number of likely N-dealkylation sites (N-methyl/N-ethyl adjacent to an activating group) is 2. The maximum absolute atomic E-state index is 9.22. The Morgan fingerprint density at radius 2 is 1.46 bits per heavy atom. The Morgan fingerprint density at radius 3 is 1.90 bits per heavy atom. The molecular weight excluding hydrogens is 598 g/mol. The number of benzene rings is 2. The summed E-state index contributed by atoms with van der Waals surface area (Å²) in [5.74, 6) is 0.851. The van der Waals surface area contributed by atoms with Crippen LogP contribution in [0.4, 0.5) is 16.5 Å². The highest BCUT2D eigenvalue weighted by Gasteiger charge is 2.17. The number of aromatic nitrogens is 1. The Morgan fingerprint density at radius 1 is 0.927 bits per heavy atom. The fourth-order valence-corrected chi connectivity index (χ4v) is 4.06. The standard InChI is InChI=1S/C22H31N5OS.2CH4O4S/c1-7-26(14-15-27(3,4)5)18-10-8-17(9-11-18)23-24-22-25(2)20-13-12-19(28-6)16-21(20)29-22;2*1-5-6(2,3)4/h8-13,16H,7,14-15H2,1-6H3;2*1H3,(H,2,3,4)/q+2;;/p-2. The molecule has 0 amide bonds. The molecule has 3 rings (SSSR count). The summed E-state index contributed by atoms with van der Waals surface area (Å²) in [6.45, 7) is 5.31. The van der Waals surface area contributed by atoms with Gasteiger partial charge in [0.1, 0.15) is 17.0 Å². The first kappa shape index (κ1) is 36.3. The summed E-state index contributed by atoms with van der Waals surface area (Å²) < 4.78 is 71.5. The summed E-state index contributed by atoms with van der Waals surface area (Å²) in [5.41, 5.74) is 3.20. The van der Waals surface area contributed by atoms with Crippen molar-refractivity contribution < 1.29 is 48.1 Å². The zero-order valence-corrected chi connectivity index (χ0v) is 26.7. The van der Waals surface area contributed by atoms with Crippen LogP contribution in [0.15, 0.2) is 52.7 Å². The second kappa shape index (κ2) is 16.0. The van der Waals surface area contributed by atoms with Gasteiger partial charge in [-0.05, 0) is 59.8 Å². The van der Waals surface area contributed by atoms with Crippen LogP contribution in [0, 0.1) is 0 Å². The summed E-state index contributed by atoms with van der Waals surface area (Å²) in [5, 5.41) is 9.79. The van der Waals surface area contributed by atoms with Crippen molar-refractivity contribution in [3.63, 3.8) is 0 Å². The van der Waals surface area contributed by atoms with Gasteiger partial charge in [0.05, 0.1) is 72.4 Å². The number of quaternary nitrogens is 1. The third kappa shape index (κ3) is 14.1. The van der Waals surface area contributed by atoms with Crippen LogP contribution in [0.5, 0.6) is 5.75 Å². The van der Waals surface area contributed by atoms with Gasteiger partial charge in [-0.2, -0.15) is 0 Å². The second-order valence-electron chi connectivity index (χ2n) is 9.24. The van der Waals surface area contributed by atoms with Gasteiger partial charge >= 0.3 is 5.13 Å². The van der Waals surface area contributed by atoms with Gasteiger partial charge in [-0.15, -0.1) is 0 Å². The number of ether oxygens (including phenoxy) is 1. The second-order valence-corrected chi connectivity index (χ2v) is 12.5. The average molecular weight is 636 g/mol. The largest absolute Gasteiger partial charge is 0.726 e. The molecule has 0 aliphatic carbocycles. The number of thiazole rings is 1. The van der Waals surface area contributed by atoms with E-state index in [0.717, 1.165) is 65.1 Å². The van der Waals surface area contributed by atoms with Gasteiger partial charge in [0.25, 0.3) is 0 Å². The van der Waals surface area contributed by atoms with Crippen LogP contribution in [0.2, 0.25) is 0 Å². The van der Waals surface area contributed by atoms with Crippen molar-refractivity contribution in [2.24, 2.45) is 17.3 Å². The van der Waals surface area contributed by atoms with Crippen LogP contribution in [-0.2, 0) is 36.2 Å². The van der Waals surface area contributed by atoms with E-state index < -0.39 is 20.8 Å². The smallest absolute Gasteiger partial charge is 0.409 e. The van der Waals surface area contributed by atoms with Crippen LogP contribution < -0.4 is 14.2 Å². The molecule has 0 atom stereocenters. The molecule has 3 aromatic rings. The minimum atomic E-state index is -4.41. The van der Waals surface area contributed by atoms with Gasteiger partial charge in [-0.3, -0.25) is 8.37 Å². The molecule has 0 aliphatic heterocycles. The predicted octanol–water partition coefficient (Wildman–Crippen LogP) is 2.87. The maximum atomic E-state index is 9.22. The van der Waals surface area contributed by atoms with Crippen LogP contribution in [-0.4, -0.2) is 92.5 Å². The highest BCUT2D eigenvalue weighted by Crippen LogP contribution is 2.30. The summed E-state index contributed by atoms with van der Waals surface area (Å²) in [6.07, 6.45) is 0. The predicted molar refractivity (Wildman–Crippen MR) is 154 cm³/mol. The Hall–Kier alpha value is -2.77. The highest BCUT2D eigenvalue weighted by atomic mass is 32.3. The van der Waals surface area contributed by atoms with E-state index in [-0.39, 0.29) is 0 Å². The SMILES string of the molecule is CCN(CC[N+](C)(C)C)c1ccc(N=Nc2sc3cc(OC)ccc3[n+]2C)cc1.COS(=O)(=O)[O-].COS(=O)(=O)[O-]. The van der Waals surface area contributed by atoms with E-state index in [4.69, 9.17) is 4.74 Å². The van der Waals surface area contributed by atoms with E-state index in [0.29, 0.717) is 0 Å². The van der Waals surface area contributed by atoms with Crippen LogP contribution in [0.25, 0.3) is 10.2 Å². The van der Waals surface area contributed by atoms with Gasteiger partial charge in [0, 0.05) is 18.3 Å². The zero-order valence-electron chi connectivity index (χ0n) is 24.3. The molecule has 0 unspecified atom stereocenters. The van der Waals surface area contributed by atoms with E-state index in [2.05, 4.69) is 68.3 Å². The van der Waals surface area contributed by atoms with Crippen molar-refractivity contribution in [1.82, 2.24) is 0 Å².